The standard InChI is InChI=1S/C19H23NO4/c1-13-12-22-19(24-13)7-9-20(10-8-19)18(21)14(2)17-11-15-5-3-4-6-16(15)23-17/h3-6,11,13-14H,7-10,12H2,1-2H3/t13-,14-/m1/s1. The van der Waals surface area contributed by atoms with Gasteiger partial charge in [0.2, 0.25) is 5.91 Å². The van der Waals surface area contributed by atoms with Crippen molar-refractivity contribution in [1.29, 1.82) is 0 Å². The van der Waals surface area contributed by atoms with E-state index in [0.717, 1.165) is 29.6 Å². The molecule has 0 bridgehead atoms. The highest BCUT2D eigenvalue weighted by atomic mass is 16.7. The van der Waals surface area contributed by atoms with Gasteiger partial charge >= 0.3 is 0 Å². The lowest BCUT2D eigenvalue weighted by Gasteiger charge is -2.38. The van der Waals surface area contributed by atoms with E-state index in [1.165, 1.54) is 0 Å². The highest BCUT2D eigenvalue weighted by Crippen LogP contribution is 2.35. The van der Waals surface area contributed by atoms with E-state index in [0.29, 0.717) is 19.7 Å². The van der Waals surface area contributed by atoms with Gasteiger partial charge in [0.25, 0.3) is 0 Å². The molecule has 1 amide bonds. The van der Waals surface area contributed by atoms with E-state index in [9.17, 15) is 4.79 Å². The van der Waals surface area contributed by atoms with Crippen molar-refractivity contribution >= 4 is 16.9 Å². The van der Waals surface area contributed by atoms with E-state index < -0.39 is 5.79 Å². The third-order valence-electron chi connectivity index (χ3n) is 5.08. The van der Waals surface area contributed by atoms with Crippen molar-refractivity contribution in [2.24, 2.45) is 0 Å². The fourth-order valence-corrected chi connectivity index (χ4v) is 3.65. The highest BCUT2D eigenvalue weighted by Gasteiger charge is 2.43. The predicted molar refractivity (Wildman–Crippen MR) is 89.7 cm³/mol. The Kier molecular flexibility index (Phi) is 3.85. The zero-order valence-corrected chi connectivity index (χ0v) is 14.2. The molecule has 5 heteroatoms. The number of nitrogens with zero attached hydrogens (tertiary/aromatic N) is 1. The van der Waals surface area contributed by atoms with Crippen LogP contribution in [-0.2, 0) is 14.3 Å². The number of para-hydroxylation sites is 1. The Morgan fingerprint density at radius 3 is 2.71 bits per heavy atom. The van der Waals surface area contributed by atoms with Gasteiger partial charge < -0.3 is 18.8 Å². The van der Waals surface area contributed by atoms with Crippen molar-refractivity contribution in [1.82, 2.24) is 4.90 Å². The second kappa shape index (κ2) is 5.90. The summed E-state index contributed by atoms with van der Waals surface area (Å²) < 4.78 is 17.6. The summed E-state index contributed by atoms with van der Waals surface area (Å²) in [4.78, 5) is 14.7. The Morgan fingerprint density at radius 2 is 2.04 bits per heavy atom. The Labute approximate surface area is 141 Å². The number of hydrogen-bond acceptors (Lipinski definition) is 4. The zero-order valence-electron chi connectivity index (χ0n) is 14.2. The van der Waals surface area contributed by atoms with Gasteiger partial charge in [-0.3, -0.25) is 4.79 Å². The smallest absolute Gasteiger partial charge is 0.233 e. The van der Waals surface area contributed by atoms with E-state index in [1.54, 1.807) is 0 Å². The van der Waals surface area contributed by atoms with E-state index >= 15 is 0 Å². The zero-order chi connectivity index (χ0) is 16.7. The Morgan fingerprint density at radius 1 is 1.29 bits per heavy atom. The lowest BCUT2D eigenvalue weighted by molar-refractivity contribution is -0.195. The maximum absolute atomic E-state index is 12.8. The number of furan rings is 1. The van der Waals surface area contributed by atoms with Gasteiger partial charge in [-0.05, 0) is 26.0 Å². The van der Waals surface area contributed by atoms with Crippen molar-refractivity contribution in [3.63, 3.8) is 0 Å². The van der Waals surface area contributed by atoms with Crippen molar-refractivity contribution < 1.29 is 18.7 Å². The molecule has 1 spiro atoms. The molecule has 1 aromatic carbocycles. The number of benzene rings is 1. The molecular weight excluding hydrogens is 306 g/mol. The molecule has 4 rings (SSSR count). The first-order chi connectivity index (χ1) is 11.6. The minimum Gasteiger partial charge on any atom is -0.460 e. The number of rotatable bonds is 2. The van der Waals surface area contributed by atoms with Crippen LogP contribution in [0.5, 0.6) is 0 Å². The molecule has 2 atom stereocenters. The molecule has 2 aromatic rings. The minimum atomic E-state index is -0.473. The van der Waals surface area contributed by atoms with Crippen LogP contribution in [0.15, 0.2) is 34.7 Å². The van der Waals surface area contributed by atoms with Crippen LogP contribution in [0.1, 0.15) is 38.4 Å². The average molecular weight is 329 g/mol. The molecule has 5 nitrogen and oxygen atoms in total. The van der Waals surface area contributed by atoms with Crippen molar-refractivity contribution in [3.05, 3.63) is 36.1 Å². The molecule has 24 heavy (non-hydrogen) atoms. The Bertz CT molecular complexity index is 712. The van der Waals surface area contributed by atoms with Gasteiger partial charge in [0, 0.05) is 31.3 Å². The topological polar surface area (TPSA) is 51.9 Å². The number of hydrogen-bond donors (Lipinski definition) is 0. The number of likely N-dealkylation sites (tertiary alicyclic amines) is 1. The predicted octanol–water partition coefficient (Wildman–Crippen LogP) is 3.29. The minimum absolute atomic E-state index is 0.106. The molecule has 0 unspecified atom stereocenters. The molecule has 0 aliphatic carbocycles. The maximum atomic E-state index is 12.8. The summed E-state index contributed by atoms with van der Waals surface area (Å²) in [5, 5.41) is 1.03. The molecule has 0 saturated carbocycles. The van der Waals surface area contributed by atoms with E-state index in [4.69, 9.17) is 13.9 Å². The lowest BCUT2D eigenvalue weighted by Crippen LogP contribution is -2.48. The molecule has 2 aliphatic rings. The molecule has 0 radical (unpaired) electrons. The molecular formula is C19H23NO4. The molecule has 2 fully saturated rings. The third kappa shape index (κ3) is 2.72. The van der Waals surface area contributed by atoms with Crippen molar-refractivity contribution in [2.75, 3.05) is 19.7 Å². The number of amides is 1. The fourth-order valence-electron chi connectivity index (χ4n) is 3.65. The summed E-state index contributed by atoms with van der Waals surface area (Å²) in [6.07, 6.45) is 1.60. The van der Waals surface area contributed by atoms with Gasteiger partial charge in [-0.25, -0.2) is 0 Å². The van der Waals surface area contributed by atoms with Gasteiger partial charge in [0.1, 0.15) is 11.3 Å². The quantitative estimate of drug-likeness (QED) is 0.848. The van der Waals surface area contributed by atoms with Gasteiger partial charge in [-0.2, -0.15) is 0 Å². The number of fused-ring (bicyclic) bond motifs is 1. The monoisotopic (exact) mass is 329 g/mol. The lowest BCUT2D eigenvalue weighted by atomic mass is 10.0. The van der Waals surface area contributed by atoms with Crippen LogP contribution in [-0.4, -0.2) is 42.4 Å². The second-order valence-electron chi connectivity index (χ2n) is 6.88. The first-order valence-electron chi connectivity index (χ1n) is 8.65. The van der Waals surface area contributed by atoms with E-state index in [1.807, 2.05) is 49.1 Å². The number of piperidine rings is 1. The van der Waals surface area contributed by atoms with Crippen LogP contribution in [0.4, 0.5) is 0 Å². The van der Waals surface area contributed by atoms with E-state index in [2.05, 4.69) is 0 Å². The number of carbonyl (C=O) groups is 1. The molecule has 2 saturated heterocycles. The van der Waals surface area contributed by atoms with E-state index in [-0.39, 0.29) is 17.9 Å². The van der Waals surface area contributed by atoms with Crippen LogP contribution >= 0.6 is 0 Å². The van der Waals surface area contributed by atoms with Gasteiger partial charge in [0.05, 0.1) is 18.6 Å². The highest BCUT2D eigenvalue weighted by molar-refractivity contribution is 5.85. The molecule has 1 aromatic heterocycles. The van der Waals surface area contributed by atoms with Crippen LogP contribution in [0, 0.1) is 0 Å². The third-order valence-corrected chi connectivity index (χ3v) is 5.08. The fraction of sp³-hybridized carbons (Fsp3) is 0.526. The van der Waals surface area contributed by atoms with Gasteiger partial charge in [-0.15, -0.1) is 0 Å². The van der Waals surface area contributed by atoms with Crippen LogP contribution in [0.25, 0.3) is 11.0 Å². The van der Waals surface area contributed by atoms with Crippen molar-refractivity contribution in [2.45, 2.75) is 44.5 Å². The largest absolute Gasteiger partial charge is 0.460 e. The summed E-state index contributed by atoms with van der Waals surface area (Å²) in [7, 11) is 0. The first-order valence-corrected chi connectivity index (χ1v) is 8.65. The number of ether oxygens (including phenoxy) is 2. The summed E-state index contributed by atoms with van der Waals surface area (Å²) in [6.45, 7) is 5.90. The SMILES string of the molecule is C[C@@H]1COC2(CCN(C(=O)[C@H](C)c3cc4ccccc4o3)CC2)O1. The van der Waals surface area contributed by atoms with Crippen LogP contribution < -0.4 is 0 Å². The Hall–Kier alpha value is -1.85. The molecule has 2 aliphatic heterocycles. The van der Waals surface area contributed by atoms with Gasteiger partial charge in [-0.1, -0.05) is 18.2 Å². The summed E-state index contributed by atoms with van der Waals surface area (Å²) in [5.41, 5.74) is 0.825. The molecule has 3 heterocycles. The summed E-state index contributed by atoms with van der Waals surface area (Å²) in [5.74, 6) is 0.0768. The van der Waals surface area contributed by atoms with Crippen LogP contribution in [0.2, 0.25) is 0 Å². The molecule has 0 N–H and O–H groups in total. The second-order valence-corrected chi connectivity index (χ2v) is 6.88. The van der Waals surface area contributed by atoms with Crippen molar-refractivity contribution in [3.8, 4) is 0 Å². The van der Waals surface area contributed by atoms with Gasteiger partial charge in [0.15, 0.2) is 5.79 Å². The molecule has 128 valence electrons. The summed E-state index contributed by atoms with van der Waals surface area (Å²) >= 11 is 0. The average Bonchev–Trinajstić information content (AvgIpc) is 3.18. The summed E-state index contributed by atoms with van der Waals surface area (Å²) in [6, 6.07) is 9.81. The maximum Gasteiger partial charge on any atom is 0.233 e. The first kappa shape index (κ1) is 15.7. The Balaban J connectivity index is 1.44. The van der Waals surface area contributed by atoms with Crippen LogP contribution in [0.3, 0.4) is 0 Å². The number of carbonyl (C=O) groups excluding carboxylic acids is 1. The normalized spacial score (nSPS) is 24.6.